The molecule has 3 amide bonds. The highest BCUT2D eigenvalue weighted by atomic mass is 16.7. The minimum Gasteiger partial charge on any atom is -0.480 e. The molecule has 1 aliphatic rings. The first-order valence-corrected chi connectivity index (χ1v) is 19.3. The Labute approximate surface area is 344 Å². The lowest BCUT2D eigenvalue weighted by Crippen LogP contribution is -2.42. The van der Waals surface area contributed by atoms with Gasteiger partial charge in [-0.2, -0.15) is 0 Å². The molecule has 0 bridgehead atoms. The molecule has 344 valence electrons. The van der Waals surface area contributed by atoms with E-state index in [9.17, 15) is 28.8 Å². The van der Waals surface area contributed by atoms with E-state index in [4.69, 9.17) is 56.6 Å². The smallest absolute Gasteiger partial charge is 0.358 e. The average Bonchev–Trinajstić information content (AvgIpc) is 3.47. The van der Waals surface area contributed by atoms with Crippen LogP contribution in [0, 0.1) is 0 Å². The summed E-state index contributed by atoms with van der Waals surface area (Å²) in [6.45, 7) is 14.0. The number of ether oxygens (including phenoxy) is 4. The Morgan fingerprint density at radius 2 is 1.17 bits per heavy atom. The number of hydroxylamine groups is 2. The van der Waals surface area contributed by atoms with E-state index < -0.39 is 47.7 Å². The zero-order valence-corrected chi connectivity index (χ0v) is 34.6. The zero-order chi connectivity index (χ0) is 44.0. The Kier molecular flexibility index (Phi) is 44.1. The summed E-state index contributed by atoms with van der Waals surface area (Å²) in [5.41, 5.74) is 15.7. The molecule has 21 nitrogen and oxygen atoms in total. The van der Waals surface area contributed by atoms with Crippen LogP contribution in [0.3, 0.4) is 0 Å². The van der Waals surface area contributed by atoms with E-state index >= 15 is 0 Å². The van der Waals surface area contributed by atoms with Crippen LogP contribution in [0.2, 0.25) is 0 Å². The Balaban J connectivity index is -0.000000351. The van der Waals surface area contributed by atoms with Crippen LogP contribution < -0.4 is 22.5 Å². The van der Waals surface area contributed by atoms with Gasteiger partial charge in [0.25, 0.3) is 11.8 Å². The number of rotatable bonds is 29. The standard InChI is InChI=1S/C12H24N2O6.C10H15NO7.C8H19N.C6H14N2O2.CH4/c13-4-2-1-3-10(12(17)18)14-11(16)9-20-8-7-19-6-5-15;12-3-4-16-5-6-17-7-10(15)18-11-8(13)1-2-9(11)14;1-6-9(7(2)3)8(4)5;7-4-2-1-3-5(8)6(9)10;/h10,15H,1-9,13H2,(H,14,16)(H,17,18);12H,1-7H2;7-8H,6H2,1-5H3;5H,1-4,7-8H2,(H,9,10);1H4. The number of carboxylic acid groups (broad SMARTS) is 2. The van der Waals surface area contributed by atoms with Gasteiger partial charge in [-0.25, -0.2) is 9.59 Å². The fourth-order valence-corrected chi connectivity index (χ4v) is 4.62. The molecule has 1 aliphatic heterocycles. The van der Waals surface area contributed by atoms with Gasteiger partial charge in [0.05, 0.1) is 52.9 Å². The number of nitrogens with two attached hydrogens (primary N) is 3. The van der Waals surface area contributed by atoms with Gasteiger partial charge in [-0.05, 0) is 79.4 Å². The Morgan fingerprint density at radius 1 is 0.724 bits per heavy atom. The maximum atomic E-state index is 11.5. The number of imide groups is 1. The molecule has 1 rings (SSSR count). The molecule has 0 aromatic carbocycles. The van der Waals surface area contributed by atoms with Crippen molar-refractivity contribution in [3.05, 3.63) is 0 Å². The van der Waals surface area contributed by atoms with Crippen molar-refractivity contribution in [1.82, 2.24) is 15.3 Å². The van der Waals surface area contributed by atoms with Crippen molar-refractivity contribution in [2.45, 2.75) is 118 Å². The number of nitrogens with one attached hydrogen (secondary N) is 1. The second-order valence-electron chi connectivity index (χ2n) is 12.8. The molecule has 58 heavy (non-hydrogen) atoms. The highest BCUT2D eigenvalue weighted by Gasteiger charge is 2.32. The van der Waals surface area contributed by atoms with Crippen LogP contribution in [0.5, 0.6) is 0 Å². The fraction of sp³-hybridized carbons (Fsp3) is 0.838. The summed E-state index contributed by atoms with van der Waals surface area (Å²) in [6.07, 6.45) is 3.99. The van der Waals surface area contributed by atoms with Crippen molar-refractivity contribution in [3.63, 3.8) is 0 Å². The van der Waals surface area contributed by atoms with Crippen molar-refractivity contribution < 1.29 is 73.0 Å². The predicted octanol–water partition coefficient (Wildman–Crippen LogP) is -0.382. The van der Waals surface area contributed by atoms with Crippen LogP contribution in [0.1, 0.15) is 93.4 Å². The Hall–Kier alpha value is -3.38. The van der Waals surface area contributed by atoms with E-state index in [0.717, 1.165) is 25.8 Å². The number of hydrogen-bond donors (Lipinski definition) is 8. The summed E-state index contributed by atoms with van der Waals surface area (Å²) in [4.78, 5) is 73.0. The molecule has 1 heterocycles. The summed E-state index contributed by atoms with van der Waals surface area (Å²) < 4.78 is 19.7. The van der Waals surface area contributed by atoms with Gasteiger partial charge in [-0.15, -0.1) is 5.06 Å². The third kappa shape index (κ3) is 36.9. The summed E-state index contributed by atoms with van der Waals surface area (Å²) in [6, 6.07) is -0.250. The van der Waals surface area contributed by atoms with Crippen molar-refractivity contribution >= 4 is 35.6 Å². The van der Waals surface area contributed by atoms with Gasteiger partial charge in [-0.3, -0.25) is 24.1 Å². The number of hydrogen-bond acceptors (Lipinski definition) is 17. The van der Waals surface area contributed by atoms with E-state index in [2.05, 4.69) is 49.7 Å². The number of amides is 3. The van der Waals surface area contributed by atoms with E-state index in [0.29, 0.717) is 49.5 Å². The monoisotopic (exact) mass is 845 g/mol. The topological polar surface area (TPSA) is 326 Å². The largest absolute Gasteiger partial charge is 0.480 e. The van der Waals surface area contributed by atoms with Crippen LogP contribution in [-0.4, -0.2) is 176 Å². The second kappa shape index (κ2) is 41.8. The molecule has 11 N–H and O–H groups in total. The predicted molar refractivity (Wildman–Crippen MR) is 215 cm³/mol. The van der Waals surface area contributed by atoms with Gasteiger partial charge in [0, 0.05) is 24.9 Å². The van der Waals surface area contributed by atoms with Crippen LogP contribution in [0.4, 0.5) is 0 Å². The van der Waals surface area contributed by atoms with Gasteiger partial charge in [0.2, 0.25) is 5.91 Å². The van der Waals surface area contributed by atoms with Crippen LogP contribution in [-0.2, 0) is 52.6 Å². The van der Waals surface area contributed by atoms with Crippen molar-refractivity contribution in [3.8, 4) is 0 Å². The third-order valence-corrected chi connectivity index (χ3v) is 7.43. The Bertz CT molecular complexity index is 1050. The van der Waals surface area contributed by atoms with Gasteiger partial charge in [-0.1, -0.05) is 20.8 Å². The molecular formula is C37H76N6O15. The van der Waals surface area contributed by atoms with Crippen LogP contribution in [0.15, 0.2) is 0 Å². The molecule has 2 atom stereocenters. The fourth-order valence-electron chi connectivity index (χ4n) is 4.62. The molecule has 0 aromatic rings. The van der Waals surface area contributed by atoms with Crippen molar-refractivity contribution in [2.24, 2.45) is 17.2 Å². The first-order chi connectivity index (χ1) is 27.0. The first kappa shape index (κ1) is 61.3. The van der Waals surface area contributed by atoms with E-state index in [-0.39, 0.29) is 86.3 Å². The van der Waals surface area contributed by atoms with E-state index in [1.165, 1.54) is 0 Å². The summed E-state index contributed by atoms with van der Waals surface area (Å²) in [5, 5.41) is 37.0. The highest BCUT2D eigenvalue weighted by molar-refractivity contribution is 6.01. The molecular weight excluding hydrogens is 768 g/mol. The lowest BCUT2D eigenvalue weighted by molar-refractivity contribution is -0.200. The molecule has 1 fully saturated rings. The molecule has 2 unspecified atom stereocenters. The summed E-state index contributed by atoms with van der Waals surface area (Å²) >= 11 is 0. The van der Waals surface area contributed by atoms with Gasteiger partial charge < -0.3 is 66.7 Å². The number of carboxylic acids is 2. The minimum absolute atomic E-state index is 0. The number of carbonyl (C=O) groups is 6. The molecule has 0 saturated carbocycles. The number of aliphatic hydroxyl groups excluding tert-OH is 2. The maximum Gasteiger partial charge on any atom is 0.358 e. The third-order valence-electron chi connectivity index (χ3n) is 7.43. The lowest BCUT2D eigenvalue weighted by atomic mass is 10.1. The molecule has 1 saturated heterocycles. The van der Waals surface area contributed by atoms with E-state index in [1.807, 2.05) is 0 Å². The summed E-state index contributed by atoms with van der Waals surface area (Å²) in [5.74, 6) is -4.36. The molecule has 0 aliphatic carbocycles. The SMILES string of the molecule is C.CCN(C(C)C)C(C)C.NCCCCC(N)C(=O)O.NCCCCC(NC(=O)COCCOCCO)C(=O)O.O=C(COCCOCCO)ON1C(=O)CCC1=O. The molecule has 0 aromatic heterocycles. The van der Waals surface area contributed by atoms with Crippen molar-refractivity contribution in [1.29, 1.82) is 0 Å². The molecule has 0 radical (unpaired) electrons. The average molecular weight is 845 g/mol. The van der Waals surface area contributed by atoms with Crippen molar-refractivity contribution in [2.75, 3.05) is 85.7 Å². The quantitative estimate of drug-likeness (QED) is 0.0351. The second-order valence-corrected chi connectivity index (χ2v) is 12.8. The zero-order valence-electron chi connectivity index (χ0n) is 34.6. The van der Waals surface area contributed by atoms with Gasteiger partial charge in [0.15, 0.2) is 0 Å². The molecule has 21 heteroatoms. The number of nitrogens with zero attached hydrogens (tertiary/aromatic N) is 2. The van der Waals surface area contributed by atoms with Gasteiger partial charge in [0.1, 0.15) is 25.3 Å². The van der Waals surface area contributed by atoms with Gasteiger partial charge >= 0.3 is 17.9 Å². The highest BCUT2D eigenvalue weighted by Crippen LogP contribution is 2.12. The minimum atomic E-state index is -1.07. The van der Waals surface area contributed by atoms with Crippen LogP contribution in [0.25, 0.3) is 0 Å². The van der Waals surface area contributed by atoms with Crippen LogP contribution >= 0.6 is 0 Å². The maximum absolute atomic E-state index is 11.5. The lowest BCUT2D eigenvalue weighted by Gasteiger charge is -2.28. The number of unbranched alkanes of at least 4 members (excludes halogenated alkanes) is 2. The number of carbonyl (C=O) groups excluding carboxylic acids is 4. The normalized spacial score (nSPS) is 13.0. The molecule has 0 spiro atoms. The Morgan fingerprint density at radius 3 is 1.55 bits per heavy atom. The number of aliphatic hydroxyl groups is 2. The summed E-state index contributed by atoms with van der Waals surface area (Å²) in [7, 11) is 0. The number of aliphatic carboxylic acids is 2. The van der Waals surface area contributed by atoms with E-state index in [1.54, 1.807) is 0 Å². The first-order valence-electron chi connectivity index (χ1n) is 19.3.